The van der Waals surface area contributed by atoms with Crippen LogP contribution in [0.3, 0.4) is 0 Å². The Morgan fingerprint density at radius 1 is 1.03 bits per heavy atom. The molecule has 7 nitrogen and oxygen atoms in total. The van der Waals surface area contributed by atoms with Crippen LogP contribution < -0.4 is 10.1 Å². The third-order valence-electron chi connectivity index (χ3n) is 4.78. The van der Waals surface area contributed by atoms with E-state index in [1.54, 1.807) is 16.7 Å². The Hall–Kier alpha value is -4.05. The van der Waals surface area contributed by atoms with E-state index in [-0.39, 0.29) is 13.0 Å². The number of aromatic nitrogens is 1. The van der Waals surface area contributed by atoms with Crippen molar-refractivity contribution in [2.24, 2.45) is 0 Å². The first-order chi connectivity index (χ1) is 15.0. The fourth-order valence-electron chi connectivity index (χ4n) is 3.12. The van der Waals surface area contributed by atoms with E-state index >= 15 is 0 Å². The summed E-state index contributed by atoms with van der Waals surface area (Å²) >= 11 is 0. The molecule has 1 amide bonds. The van der Waals surface area contributed by atoms with Gasteiger partial charge >= 0.3 is 5.97 Å². The molecule has 1 heterocycles. The van der Waals surface area contributed by atoms with E-state index in [1.807, 2.05) is 62.4 Å². The summed E-state index contributed by atoms with van der Waals surface area (Å²) in [6.45, 7) is 3.41. The fourth-order valence-corrected chi connectivity index (χ4v) is 3.12. The molecule has 31 heavy (non-hydrogen) atoms. The van der Waals surface area contributed by atoms with E-state index in [2.05, 4.69) is 11.4 Å². The third kappa shape index (κ3) is 5.31. The second kappa shape index (κ2) is 10.1. The number of carbonyl (C=O) groups is 2. The van der Waals surface area contributed by atoms with Crippen LogP contribution in [0.1, 0.15) is 23.2 Å². The molecule has 1 N–H and O–H groups in total. The molecular weight excluding hydrogens is 394 g/mol. The van der Waals surface area contributed by atoms with Gasteiger partial charge in [0.1, 0.15) is 17.6 Å². The van der Waals surface area contributed by atoms with Crippen LogP contribution in [-0.4, -0.2) is 29.7 Å². The lowest BCUT2D eigenvalue weighted by Crippen LogP contribution is -2.23. The van der Waals surface area contributed by atoms with Gasteiger partial charge in [0.15, 0.2) is 6.61 Å². The maximum Gasteiger partial charge on any atom is 0.309 e. The Kier molecular flexibility index (Phi) is 7.07. The van der Waals surface area contributed by atoms with Crippen LogP contribution in [-0.2, 0) is 14.3 Å². The molecule has 0 unspecified atom stereocenters. The van der Waals surface area contributed by atoms with Crippen LogP contribution in [0.5, 0.6) is 5.75 Å². The maximum absolute atomic E-state index is 12.4. The summed E-state index contributed by atoms with van der Waals surface area (Å²) in [5, 5.41) is 12.3. The average molecular weight is 417 g/mol. The topological polar surface area (TPSA) is 93.3 Å². The molecule has 0 saturated heterocycles. The lowest BCUT2D eigenvalue weighted by Gasteiger charge is -2.13. The first-order valence-corrected chi connectivity index (χ1v) is 9.82. The summed E-state index contributed by atoms with van der Waals surface area (Å²) in [6, 6.07) is 20.7. The van der Waals surface area contributed by atoms with Gasteiger partial charge in [-0.25, -0.2) is 0 Å². The summed E-state index contributed by atoms with van der Waals surface area (Å²) in [6.07, 6.45) is 0.0181. The minimum atomic E-state index is -0.544. The van der Waals surface area contributed by atoms with Gasteiger partial charge in [-0.1, -0.05) is 36.4 Å². The number of benzene rings is 2. The lowest BCUT2D eigenvalue weighted by molar-refractivity contribution is -0.147. The Balaban J connectivity index is 1.61. The highest BCUT2D eigenvalue weighted by Gasteiger charge is 2.21. The predicted octanol–water partition coefficient (Wildman–Crippen LogP) is 3.92. The van der Waals surface area contributed by atoms with Gasteiger partial charge in [-0.2, -0.15) is 5.26 Å². The zero-order valence-electron chi connectivity index (χ0n) is 17.4. The molecule has 0 bridgehead atoms. The van der Waals surface area contributed by atoms with Gasteiger partial charge in [-0.05, 0) is 43.7 Å². The smallest absolute Gasteiger partial charge is 0.309 e. The second-order valence-corrected chi connectivity index (χ2v) is 6.84. The molecule has 158 valence electrons. The minimum Gasteiger partial charge on any atom is -0.493 e. The molecule has 7 heteroatoms. The molecule has 2 aromatic carbocycles. The second-order valence-electron chi connectivity index (χ2n) is 6.84. The molecule has 0 aliphatic heterocycles. The molecule has 0 atom stereocenters. The van der Waals surface area contributed by atoms with E-state index in [4.69, 9.17) is 9.47 Å². The van der Waals surface area contributed by atoms with Crippen molar-refractivity contribution < 1.29 is 19.1 Å². The minimum absolute atomic E-state index is 0.0181. The molecule has 0 aliphatic rings. The van der Waals surface area contributed by atoms with Crippen LogP contribution in [0.15, 0.2) is 60.7 Å². The van der Waals surface area contributed by atoms with Crippen molar-refractivity contribution in [3.8, 4) is 17.5 Å². The maximum atomic E-state index is 12.4. The zero-order chi connectivity index (χ0) is 22.2. The van der Waals surface area contributed by atoms with Crippen LogP contribution >= 0.6 is 0 Å². The Morgan fingerprint density at radius 3 is 2.32 bits per heavy atom. The molecule has 1 aromatic heterocycles. The van der Waals surface area contributed by atoms with Crippen molar-refractivity contribution in [2.45, 2.75) is 20.3 Å². The van der Waals surface area contributed by atoms with E-state index in [0.29, 0.717) is 17.1 Å². The first-order valence-electron chi connectivity index (χ1n) is 9.82. The van der Waals surface area contributed by atoms with E-state index in [1.165, 1.54) is 0 Å². The van der Waals surface area contributed by atoms with Gasteiger partial charge in [0.05, 0.1) is 18.6 Å². The van der Waals surface area contributed by atoms with Crippen LogP contribution in [0.2, 0.25) is 0 Å². The summed E-state index contributed by atoms with van der Waals surface area (Å²) < 4.78 is 12.3. The van der Waals surface area contributed by atoms with Crippen molar-refractivity contribution in [1.82, 2.24) is 4.57 Å². The number of nitrogens with one attached hydrogen (secondary N) is 1. The highest BCUT2D eigenvalue weighted by atomic mass is 16.5. The number of carbonyl (C=O) groups excluding carboxylic acids is 2. The van der Waals surface area contributed by atoms with Crippen LogP contribution in [0.4, 0.5) is 5.82 Å². The fraction of sp³-hybridized carbons (Fsp3) is 0.208. The highest BCUT2D eigenvalue weighted by Crippen LogP contribution is 2.29. The monoisotopic (exact) mass is 417 g/mol. The molecule has 0 saturated carbocycles. The van der Waals surface area contributed by atoms with Gasteiger partial charge in [0.25, 0.3) is 5.91 Å². The van der Waals surface area contributed by atoms with Gasteiger partial charge < -0.3 is 14.8 Å². The molecule has 3 aromatic rings. The summed E-state index contributed by atoms with van der Waals surface area (Å²) in [5.74, 6) is -0.0532. The Bertz CT molecular complexity index is 1100. The van der Waals surface area contributed by atoms with E-state index in [9.17, 15) is 14.9 Å². The molecule has 0 aliphatic carbocycles. The number of rotatable bonds is 8. The van der Waals surface area contributed by atoms with Gasteiger partial charge in [0, 0.05) is 11.4 Å². The summed E-state index contributed by atoms with van der Waals surface area (Å²) in [5.41, 5.74) is 2.80. The van der Waals surface area contributed by atoms with Gasteiger partial charge in [0.2, 0.25) is 0 Å². The van der Waals surface area contributed by atoms with Crippen molar-refractivity contribution in [3.63, 3.8) is 0 Å². The largest absolute Gasteiger partial charge is 0.493 e. The first kappa shape index (κ1) is 21.7. The number of ether oxygens (including phenoxy) is 2. The number of hydrogen-bond donors (Lipinski definition) is 1. The van der Waals surface area contributed by atoms with E-state index in [0.717, 1.165) is 16.9 Å². The number of nitrogens with zero attached hydrogens (tertiary/aromatic N) is 2. The number of amides is 1. The molecule has 3 rings (SSSR count). The third-order valence-corrected chi connectivity index (χ3v) is 4.78. The highest BCUT2D eigenvalue weighted by molar-refractivity contribution is 5.94. The summed E-state index contributed by atoms with van der Waals surface area (Å²) in [4.78, 5) is 24.4. The lowest BCUT2D eigenvalue weighted by atomic mass is 10.2. The molecule has 0 radical (unpaired) electrons. The number of esters is 1. The van der Waals surface area contributed by atoms with Gasteiger partial charge in [-0.15, -0.1) is 0 Å². The number of hydrogen-bond acceptors (Lipinski definition) is 5. The van der Waals surface area contributed by atoms with Crippen molar-refractivity contribution >= 4 is 17.7 Å². The molecular formula is C24H23N3O4. The van der Waals surface area contributed by atoms with E-state index < -0.39 is 18.5 Å². The van der Waals surface area contributed by atoms with Crippen molar-refractivity contribution in [2.75, 3.05) is 18.5 Å². The van der Waals surface area contributed by atoms with Crippen molar-refractivity contribution in [1.29, 1.82) is 5.26 Å². The number of nitriles is 1. The molecule has 0 spiro atoms. The predicted molar refractivity (Wildman–Crippen MR) is 116 cm³/mol. The number of para-hydroxylation sites is 2. The summed E-state index contributed by atoms with van der Waals surface area (Å²) in [7, 11) is 0. The van der Waals surface area contributed by atoms with Crippen LogP contribution in [0, 0.1) is 25.2 Å². The molecule has 0 fully saturated rings. The van der Waals surface area contributed by atoms with Crippen LogP contribution in [0.25, 0.3) is 5.69 Å². The average Bonchev–Trinajstić information content (AvgIpc) is 3.02. The Morgan fingerprint density at radius 2 is 1.68 bits per heavy atom. The van der Waals surface area contributed by atoms with Crippen molar-refractivity contribution in [3.05, 3.63) is 77.5 Å². The number of anilines is 1. The quantitative estimate of drug-likeness (QED) is 0.561. The zero-order valence-corrected chi connectivity index (χ0v) is 17.4. The Labute approximate surface area is 180 Å². The normalized spacial score (nSPS) is 10.2. The van der Waals surface area contributed by atoms with Gasteiger partial charge in [-0.3, -0.25) is 14.2 Å². The standard InChI is InChI=1S/C24H23N3O4/c1-17-18(2)27(19-9-5-3-6-10-19)24(21(17)15-25)26-22(28)16-31-23(29)13-14-30-20-11-7-4-8-12-20/h3-12H,13-14,16H2,1-2H3,(H,26,28). The SMILES string of the molecule is Cc1c(C#N)c(NC(=O)COC(=O)CCOc2ccccc2)n(-c2ccccc2)c1C.